The largest absolute Gasteiger partial charge is 0.479 e. The van der Waals surface area contributed by atoms with Crippen LogP contribution in [0.2, 0.25) is 0 Å². The molecule has 0 amide bonds. The van der Waals surface area contributed by atoms with Gasteiger partial charge in [0.2, 0.25) is 5.88 Å². The van der Waals surface area contributed by atoms with Gasteiger partial charge in [-0.25, -0.2) is 31.6 Å². The van der Waals surface area contributed by atoms with Gasteiger partial charge in [-0.15, -0.1) is 0 Å². The lowest BCUT2D eigenvalue weighted by Crippen LogP contribution is -2.40. The van der Waals surface area contributed by atoms with Crippen molar-refractivity contribution in [1.29, 1.82) is 0 Å². The van der Waals surface area contributed by atoms with E-state index in [-0.39, 0.29) is 30.2 Å². The number of aromatic nitrogens is 3. The highest BCUT2D eigenvalue weighted by molar-refractivity contribution is 7.91. The molecule has 0 saturated carbocycles. The fourth-order valence-electron chi connectivity index (χ4n) is 3.93. The molecule has 0 aliphatic carbocycles. The monoisotopic (exact) mass is 495 g/mol. The van der Waals surface area contributed by atoms with Gasteiger partial charge in [-0.3, -0.25) is 0 Å². The Bertz CT molecular complexity index is 1320. The van der Waals surface area contributed by atoms with Gasteiger partial charge in [-0.1, -0.05) is 18.2 Å². The highest BCUT2D eigenvalue weighted by Gasteiger charge is 2.26. The van der Waals surface area contributed by atoms with Crippen LogP contribution in [0.15, 0.2) is 24.3 Å². The number of ether oxygens (including phenoxy) is 1. The highest BCUT2D eigenvalue weighted by atomic mass is 32.2. The number of sulfone groups is 1. The maximum Gasteiger partial charge on any atom is 0.266 e. The molecule has 0 bridgehead atoms. The molecular formula is C22H24F3N5O3S. The Hall–Kier alpha value is -3.15. The van der Waals surface area contributed by atoms with Crippen LogP contribution >= 0.6 is 0 Å². The third kappa shape index (κ3) is 4.72. The predicted molar refractivity (Wildman–Crippen MR) is 123 cm³/mol. The Labute approximate surface area is 195 Å². The normalized spacial score (nSPS) is 16.6. The second kappa shape index (κ2) is 9.24. The molecule has 34 heavy (non-hydrogen) atoms. The SMILES string of the molecule is COc1nc2nc(C)nc(N[C@H](C)c3cccc(C(F)F)c3F)c2cc1N1CCS(=O)(=O)CC1. The molecule has 0 radical (unpaired) electrons. The molecule has 12 heteroatoms. The number of rotatable bonds is 6. The standard InChI is InChI=1S/C22H24F3N5O3S/c1-12(14-5-4-6-15(18(14)23)19(24)25)26-20-16-11-17(30-7-9-34(31,32)10-8-30)22(33-3)29-21(16)28-13(2)27-20/h4-6,11-12,19H,7-10H2,1-3H3,(H,26,27,28,29)/t12-/m1/s1. The summed E-state index contributed by atoms with van der Waals surface area (Å²) >= 11 is 0. The van der Waals surface area contributed by atoms with E-state index in [1.54, 1.807) is 19.9 Å². The summed E-state index contributed by atoms with van der Waals surface area (Å²) in [6, 6.07) is 4.94. The van der Waals surface area contributed by atoms with Crippen LogP contribution in [0.25, 0.3) is 11.0 Å². The number of anilines is 2. The van der Waals surface area contributed by atoms with Crippen molar-refractivity contribution in [1.82, 2.24) is 15.0 Å². The van der Waals surface area contributed by atoms with Crippen LogP contribution < -0.4 is 15.0 Å². The van der Waals surface area contributed by atoms with Crippen molar-refractivity contribution in [2.45, 2.75) is 26.3 Å². The predicted octanol–water partition coefficient (Wildman–Crippen LogP) is 3.83. The molecule has 3 heterocycles. The molecule has 1 fully saturated rings. The number of hydrogen-bond acceptors (Lipinski definition) is 8. The summed E-state index contributed by atoms with van der Waals surface area (Å²) in [6.07, 6.45) is -2.93. The number of alkyl halides is 2. The lowest BCUT2D eigenvalue weighted by molar-refractivity contribution is 0.146. The number of aryl methyl sites for hydroxylation is 1. The van der Waals surface area contributed by atoms with Gasteiger partial charge in [0.15, 0.2) is 15.5 Å². The smallest absolute Gasteiger partial charge is 0.266 e. The summed E-state index contributed by atoms with van der Waals surface area (Å²) in [4.78, 5) is 15.1. The zero-order chi connectivity index (χ0) is 24.6. The Morgan fingerprint density at radius 1 is 1.12 bits per heavy atom. The van der Waals surface area contributed by atoms with Crippen LogP contribution in [0.1, 0.15) is 36.3 Å². The second-order valence-corrected chi connectivity index (χ2v) is 10.4. The zero-order valence-corrected chi connectivity index (χ0v) is 19.7. The van der Waals surface area contributed by atoms with Gasteiger partial charge in [0.05, 0.1) is 35.6 Å². The molecule has 1 aliphatic heterocycles. The van der Waals surface area contributed by atoms with Crippen molar-refractivity contribution < 1.29 is 26.3 Å². The van der Waals surface area contributed by atoms with E-state index in [9.17, 15) is 21.6 Å². The third-order valence-corrected chi connectivity index (χ3v) is 7.35. The molecule has 1 atom stereocenters. The summed E-state index contributed by atoms with van der Waals surface area (Å²) in [7, 11) is -1.62. The summed E-state index contributed by atoms with van der Waals surface area (Å²) in [5.41, 5.74) is 0.321. The van der Waals surface area contributed by atoms with E-state index in [1.165, 1.54) is 19.2 Å². The van der Waals surface area contributed by atoms with E-state index < -0.39 is 33.7 Å². The van der Waals surface area contributed by atoms with Gasteiger partial charge < -0.3 is 15.0 Å². The second-order valence-electron chi connectivity index (χ2n) is 8.06. The molecule has 1 saturated heterocycles. The fraction of sp³-hybridized carbons (Fsp3) is 0.409. The third-order valence-electron chi connectivity index (χ3n) is 5.74. The van der Waals surface area contributed by atoms with Gasteiger partial charge in [0.1, 0.15) is 23.1 Å². The van der Waals surface area contributed by atoms with Crippen molar-refractivity contribution >= 4 is 32.4 Å². The maximum atomic E-state index is 14.7. The molecule has 3 aromatic rings. The summed E-state index contributed by atoms with van der Waals surface area (Å²) < 4.78 is 70.2. The number of nitrogens with one attached hydrogen (secondary N) is 1. The van der Waals surface area contributed by atoms with Gasteiger partial charge in [-0.2, -0.15) is 4.98 Å². The molecule has 1 N–H and O–H groups in total. The van der Waals surface area contributed by atoms with Crippen LogP contribution in [-0.4, -0.2) is 55.1 Å². The number of halogens is 3. The Morgan fingerprint density at radius 3 is 2.44 bits per heavy atom. The fourth-order valence-corrected chi connectivity index (χ4v) is 5.13. The molecule has 8 nitrogen and oxygen atoms in total. The number of nitrogens with zero attached hydrogens (tertiary/aromatic N) is 4. The molecule has 1 aliphatic rings. The number of hydrogen-bond donors (Lipinski definition) is 1. The first-order valence-corrected chi connectivity index (χ1v) is 12.4. The van der Waals surface area contributed by atoms with Crippen LogP contribution in [0.5, 0.6) is 5.88 Å². The summed E-state index contributed by atoms with van der Waals surface area (Å²) in [5, 5.41) is 3.61. The first-order valence-electron chi connectivity index (χ1n) is 10.6. The molecular weight excluding hydrogens is 471 g/mol. The molecule has 2 aromatic heterocycles. The van der Waals surface area contributed by atoms with Crippen LogP contribution in [0, 0.1) is 12.7 Å². The van der Waals surface area contributed by atoms with Crippen LogP contribution in [-0.2, 0) is 9.84 Å². The van der Waals surface area contributed by atoms with E-state index >= 15 is 0 Å². The van der Waals surface area contributed by atoms with E-state index in [1.807, 2.05) is 4.90 Å². The molecule has 1 aromatic carbocycles. The number of benzene rings is 1. The topological polar surface area (TPSA) is 97.3 Å². The van der Waals surface area contributed by atoms with Crippen molar-refractivity contribution in [2.24, 2.45) is 0 Å². The zero-order valence-electron chi connectivity index (χ0n) is 18.8. The minimum atomic E-state index is -3.09. The minimum Gasteiger partial charge on any atom is -0.479 e. The van der Waals surface area contributed by atoms with E-state index in [2.05, 4.69) is 20.3 Å². The number of methoxy groups -OCH3 is 1. The van der Waals surface area contributed by atoms with Crippen LogP contribution in [0.3, 0.4) is 0 Å². The number of pyridine rings is 1. The molecule has 0 spiro atoms. The van der Waals surface area contributed by atoms with Crippen molar-refractivity contribution in [2.75, 3.05) is 41.9 Å². The van der Waals surface area contributed by atoms with Crippen molar-refractivity contribution in [3.8, 4) is 5.88 Å². The van der Waals surface area contributed by atoms with E-state index in [0.29, 0.717) is 34.2 Å². The molecule has 4 rings (SSSR count). The minimum absolute atomic E-state index is 0.0144. The van der Waals surface area contributed by atoms with Gasteiger partial charge in [0, 0.05) is 18.7 Å². The quantitative estimate of drug-likeness (QED) is 0.551. The van der Waals surface area contributed by atoms with Gasteiger partial charge in [-0.05, 0) is 19.9 Å². The molecule has 182 valence electrons. The maximum absolute atomic E-state index is 14.7. The first kappa shape index (κ1) is 24.0. The molecule has 0 unspecified atom stereocenters. The lowest BCUT2D eigenvalue weighted by atomic mass is 10.0. The van der Waals surface area contributed by atoms with Crippen molar-refractivity contribution in [3.63, 3.8) is 0 Å². The Kier molecular flexibility index (Phi) is 6.52. The highest BCUT2D eigenvalue weighted by Crippen LogP contribution is 2.35. The van der Waals surface area contributed by atoms with Gasteiger partial charge in [0.25, 0.3) is 6.43 Å². The first-order chi connectivity index (χ1) is 16.1. The summed E-state index contributed by atoms with van der Waals surface area (Å²) in [5.74, 6) is 0.0939. The summed E-state index contributed by atoms with van der Waals surface area (Å²) in [6.45, 7) is 3.88. The Balaban J connectivity index is 1.75. The van der Waals surface area contributed by atoms with E-state index in [4.69, 9.17) is 4.74 Å². The average Bonchev–Trinajstić information content (AvgIpc) is 2.78. The lowest BCUT2D eigenvalue weighted by Gasteiger charge is -2.29. The van der Waals surface area contributed by atoms with Gasteiger partial charge >= 0.3 is 0 Å². The van der Waals surface area contributed by atoms with E-state index in [0.717, 1.165) is 6.07 Å². The van der Waals surface area contributed by atoms with Crippen molar-refractivity contribution in [3.05, 3.63) is 47.0 Å². The average molecular weight is 496 g/mol. The van der Waals surface area contributed by atoms with Crippen LogP contribution in [0.4, 0.5) is 24.7 Å². The Morgan fingerprint density at radius 2 is 1.79 bits per heavy atom. The number of fused-ring (bicyclic) bond motifs is 1.